The number of tetrazole rings is 1. The molecule has 2 N–H and O–H groups in total. The van der Waals surface area contributed by atoms with Crippen molar-refractivity contribution in [2.45, 2.75) is 61.7 Å². The number of benzene rings is 3. The third-order valence-electron chi connectivity index (χ3n) is 7.74. The summed E-state index contributed by atoms with van der Waals surface area (Å²) in [4.78, 5) is 13.0. The Bertz CT molecular complexity index is 1970. The van der Waals surface area contributed by atoms with Gasteiger partial charge in [0, 0.05) is 36.7 Å². The molecule has 2 heterocycles. The summed E-state index contributed by atoms with van der Waals surface area (Å²) in [5.41, 5.74) is 0.437. The number of methoxy groups -OCH3 is 2. The Morgan fingerprint density at radius 1 is 0.960 bits per heavy atom. The molecule has 0 unspecified atom stereocenters. The van der Waals surface area contributed by atoms with E-state index >= 15 is 8.42 Å². The van der Waals surface area contributed by atoms with Crippen LogP contribution >= 0.6 is 15.9 Å². The number of carbonyl (C=O) groups is 1. The Hall–Kier alpha value is -4.10. The molecule has 3 aromatic carbocycles. The highest BCUT2D eigenvalue weighted by Crippen LogP contribution is 2.39. The van der Waals surface area contributed by atoms with Gasteiger partial charge in [0.05, 0.1) is 19.8 Å². The van der Waals surface area contributed by atoms with Crippen LogP contribution in [0.2, 0.25) is 0 Å². The average Bonchev–Trinajstić information content (AvgIpc) is 3.77. The standard InChI is InChI=1S/C32H38BrN7O8S2/c1-32(2,3)48-31(41)39-17-16-23(20-39)36-49(42,43)27-15-14-26(33)28(30-34-37-38-35-30)29(27)50(44,45)40(18-21-6-10-24(46-4)11-7-21)19-22-8-12-25(47-5)13-9-22/h6-15,23,36H,16-20H2,1-5H3,(H,34,35,37,38)/t23-/m1/s1. The fourth-order valence-corrected chi connectivity index (χ4v) is 9.68. The molecule has 1 amide bonds. The number of nitrogens with zero attached hydrogens (tertiary/aromatic N) is 5. The average molecular weight is 793 g/mol. The van der Waals surface area contributed by atoms with Crippen molar-refractivity contribution in [1.29, 1.82) is 0 Å². The maximum absolute atomic E-state index is 15.0. The fraction of sp³-hybridized carbons (Fsp3) is 0.375. The lowest BCUT2D eigenvalue weighted by Crippen LogP contribution is -2.41. The van der Waals surface area contributed by atoms with Crippen LogP contribution in [0, 0.1) is 0 Å². The number of carbonyl (C=O) groups excluding carboxylic acids is 1. The van der Waals surface area contributed by atoms with Gasteiger partial charge in [-0.25, -0.2) is 31.5 Å². The van der Waals surface area contributed by atoms with E-state index in [-0.39, 0.29) is 48.5 Å². The van der Waals surface area contributed by atoms with Crippen molar-refractivity contribution in [2.24, 2.45) is 0 Å². The highest BCUT2D eigenvalue weighted by atomic mass is 79.9. The van der Waals surface area contributed by atoms with Gasteiger partial charge in [-0.1, -0.05) is 24.3 Å². The van der Waals surface area contributed by atoms with Crippen LogP contribution in [0.1, 0.15) is 38.3 Å². The summed E-state index contributed by atoms with van der Waals surface area (Å²) in [6, 6.07) is 15.7. The molecular formula is C32H38BrN7O8S2. The number of likely N-dealkylation sites (tertiary alicyclic amines) is 1. The van der Waals surface area contributed by atoms with Crippen molar-refractivity contribution < 1.29 is 35.8 Å². The van der Waals surface area contributed by atoms with Gasteiger partial charge in [0.25, 0.3) is 0 Å². The second-order valence-corrected chi connectivity index (χ2v) is 16.9. The summed E-state index contributed by atoms with van der Waals surface area (Å²) in [5, 5.41) is 13.7. The molecule has 0 radical (unpaired) electrons. The molecule has 1 aliphatic rings. The van der Waals surface area contributed by atoms with Crippen LogP contribution in [0.4, 0.5) is 4.79 Å². The van der Waals surface area contributed by atoms with E-state index in [1.807, 2.05) is 0 Å². The van der Waals surface area contributed by atoms with Crippen LogP contribution in [0.3, 0.4) is 0 Å². The quantitative estimate of drug-likeness (QED) is 0.208. The summed E-state index contributed by atoms with van der Waals surface area (Å²) >= 11 is 3.41. The van der Waals surface area contributed by atoms with Gasteiger partial charge in [-0.2, -0.15) is 4.31 Å². The van der Waals surface area contributed by atoms with E-state index < -0.39 is 47.6 Å². The number of sulfonamides is 2. The van der Waals surface area contributed by atoms with Crippen LogP contribution in [0.15, 0.2) is 74.9 Å². The van der Waals surface area contributed by atoms with E-state index in [1.54, 1.807) is 69.3 Å². The predicted molar refractivity (Wildman–Crippen MR) is 186 cm³/mol. The molecule has 268 valence electrons. The van der Waals surface area contributed by atoms with Gasteiger partial charge >= 0.3 is 6.09 Å². The minimum absolute atomic E-state index is 0.0344. The molecule has 1 atom stereocenters. The smallest absolute Gasteiger partial charge is 0.410 e. The van der Waals surface area contributed by atoms with Crippen LogP contribution in [0.5, 0.6) is 11.5 Å². The number of hydrogen-bond donors (Lipinski definition) is 2. The fourth-order valence-electron chi connectivity index (χ4n) is 5.35. The van der Waals surface area contributed by atoms with Gasteiger partial charge < -0.3 is 19.1 Å². The number of nitrogens with one attached hydrogen (secondary N) is 2. The topological polar surface area (TPSA) is 186 Å². The number of halogens is 1. The van der Waals surface area contributed by atoms with Gasteiger partial charge in [-0.05, 0) is 101 Å². The zero-order valence-corrected chi connectivity index (χ0v) is 31.3. The molecule has 4 aromatic rings. The Morgan fingerprint density at radius 2 is 1.54 bits per heavy atom. The Morgan fingerprint density at radius 3 is 2.04 bits per heavy atom. The van der Waals surface area contributed by atoms with Crippen molar-refractivity contribution in [1.82, 2.24) is 34.6 Å². The van der Waals surface area contributed by atoms with Crippen LogP contribution < -0.4 is 14.2 Å². The maximum atomic E-state index is 15.0. The minimum atomic E-state index is -4.68. The molecule has 0 aliphatic carbocycles. The molecule has 1 saturated heterocycles. The van der Waals surface area contributed by atoms with Gasteiger partial charge in [-0.15, -0.1) is 5.10 Å². The third kappa shape index (κ3) is 8.60. The number of H-pyrrole nitrogens is 1. The molecule has 1 aromatic heterocycles. The number of amides is 1. The SMILES string of the molecule is COc1ccc(CN(Cc2ccc(OC)cc2)S(=O)(=O)c2c(S(=O)(=O)N[C@@H]3CCN(C(=O)OC(C)(C)C)C3)ccc(Br)c2-c2nnn[nH]2)cc1. The third-order valence-corrected chi connectivity index (χ3v) is 12.0. The van der Waals surface area contributed by atoms with Crippen LogP contribution in [-0.4, -0.2) is 91.7 Å². The molecule has 0 spiro atoms. The number of rotatable bonds is 12. The van der Waals surface area contributed by atoms with E-state index in [0.29, 0.717) is 22.6 Å². The van der Waals surface area contributed by atoms with E-state index in [9.17, 15) is 13.2 Å². The molecular weight excluding hydrogens is 754 g/mol. The maximum Gasteiger partial charge on any atom is 0.410 e. The van der Waals surface area contributed by atoms with E-state index in [1.165, 1.54) is 35.6 Å². The van der Waals surface area contributed by atoms with E-state index in [0.717, 1.165) is 0 Å². The summed E-state index contributed by atoms with van der Waals surface area (Å²) < 4.78 is 78.6. The summed E-state index contributed by atoms with van der Waals surface area (Å²) in [7, 11) is -6.16. The largest absolute Gasteiger partial charge is 0.497 e. The first-order valence-corrected chi connectivity index (χ1v) is 19.2. The van der Waals surface area contributed by atoms with Crippen molar-refractivity contribution in [2.75, 3.05) is 27.3 Å². The van der Waals surface area contributed by atoms with Gasteiger partial charge in [0.2, 0.25) is 20.0 Å². The van der Waals surface area contributed by atoms with Gasteiger partial charge in [0.1, 0.15) is 26.9 Å². The highest BCUT2D eigenvalue weighted by molar-refractivity contribution is 9.10. The second kappa shape index (κ2) is 15.0. The first-order chi connectivity index (χ1) is 23.6. The summed E-state index contributed by atoms with van der Waals surface area (Å²) in [6.07, 6.45) is -0.282. The molecule has 1 fully saturated rings. The number of aromatic nitrogens is 4. The molecule has 18 heteroatoms. The Kier molecular flexibility index (Phi) is 11.2. The first kappa shape index (κ1) is 37.2. The molecule has 1 aliphatic heterocycles. The van der Waals surface area contributed by atoms with Gasteiger partial charge in [0.15, 0.2) is 5.82 Å². The monoisotopic (exact) mass is 791 g/mol. The van der Waals surface area contributed by atoms with E-state index in [4.69, 9.17) is 14.2 Å². The summed E-state index contributed by atoms with van der Waals surface area (Å²) in [5.74, 6) is 1.10. The molecule has 15 nitrogen and oxygen atoms in total. The predicted octanol–water partition coefficient (Wildman–Crippen LogP) is 4.33. The number of aromatic amines is 1. The van der Waals surface area contributed by atoms with Crippen LogP contribution in [0.25, 0.3) is 11.4 Å². The molecule has 0 bridgehead atoms. The van der Waals surface area contributed by atoms with Crippen molar-refractivity contribution in [3.63, 3.8) is 0 Å². The van der Waals surface area contributed by atoms with E-state index in [2.05, 4.69) is 41.3 Å². The minimum Gasteiger partial charge on any atom is -0.497 e. The zero-order valence-electron chi connectivity index (χ0n) is 28.1. The molecule has 0 saturated carbocycles. The Balaban J connectivity index is 1.59. The zero-order chi connectivity index (χ0) is 36.3. The van der Waals surface area contributed by atoms with Crippen LogP contribution in [-0.2, 0) is 37.9 Å². The number of ether oxygens (including phenoxy) is 3. The summed E-state index contributed by atoms with van der Waals surface area (Å²) in [6.45, 7) is 5.26. The molecule has 50 heavy (non-hydrogen) atoms. The normalized spacial score (nSPS) is 15.3. The first-order valence-electron chi connectivity index (χ1n) is 15.4. The lowest BCUT2D eigenvalue weighted by molar-refractivity contribution is 0.0292. The van der Waals surface area contributed by atoms with Crippen molar-refractivity contribution >= 4 is 42.1 Å². The lowest BCUT2D eigenvalue weighted by atomic mass is 10.2. The number of hydrogen-bond acceptors (Lipinski definition) is 11. The van der Waals surface area contributed by atoms with Crippen molar-refractivity contribution in [3.8, 4) is 22.9 Å². The second-order valence-electron chi connectivity index (χ2n) is 12.5. The lowest BCUT2D eigenvalue weighted by Gasteiger charge is -2.26. The molecule has 5 rings (SSSR count). The highest BCUT2D eigenvalue weighted by Gasteiger charge is 2.39. The van der Waals surface area contributed by atoms with Crippen molar-refractivity contribution in [3.05, 3.63) is 76.3 Å². The Labute approximate surface area is 299 Å². The van der Waals surface area contributed by atoms with Gasteiger partial charge in [-0.3, -0.25) is 0 Å².